The third-order valence-corrected chi connectivity index (χ3v) is 5.55. The monoisotopic (exact) mass is 302 g/mol. The fourth-order valence-corrected chi connectivity index (χ4v) is 4.44. The van der Waals surface area contributed by atoms with Crippen molar-refractivity contribution >= 4 is 31.5 Å². The maximum atomic E-state index is 2.39. The van der Waals surface area contributed by atoms with Crippen LogP contribution in [0.15, 0.2) is 60.7 Å². The molecule has 108 valence electrons. The van der Waals surface area contributed by atoms with Crippen molar-refractivity contribution in [3.05, 3.63) is 71.8 Å². The van der Waals surface area contributed by atoms with Gasteiger partial charge in [-0.3, -0.25) is 0 Å². The van der Waals surface area contributed by atoms with Crippen LogP contribution in [-0.2, 0) is 6.42 Å². The second kappa shape index (κ2) is 5.26. The molecule has 0 saturated heterocycles. The number of hydrogen-bond acceptors (Lipinski definition) is 1. The number of rotatable bonds is 2. The predicted octanol–water partition coefficient (Wildman–Crippen LogP) is 6.59. The van der Waals surface area contributed by atoms with Crippen LogP contribution in [0.25, 0.3) is 31.3 Å². The molecule has 0 unspecified atom stereocenters. The first-order valence-electron chi connectivity index (χ1n) is 7.78. The molecule has 22 heavy (non-hydrogen) atoms. The summed E-state index contributed by atoms with van der Waals surface area (Å²) in [6, 6.07) is 22.2. The number of hydrogen-bond donors (Lipinski definition) is 0. The van der Waals surface area contributed by atoms with E-state index in [1.807, 2.05) is 11.3 Å². The molecule has 0 aliphatic rings. The van der Waals surface area contributed by atoms with Crippen LogP contribution in [0.5, 0.6) is 0 Å². The highest BCUT2D eigenvalue weighted by atomic mass is 32.1. The number of benzene rings is 3. The molecule has 0 aliphatic carbocycles. The zero-order chi connectivity index (χ0) is 15.1. The van der Waals surface area contributed by atoms with Crippen molar-refractivity contribution in [2.24, 2.45) is 0 Å². The quantitative estimate of drug-likeness (QED) is 0.391. The lowest BCUT2D eigenvalue weighted by molar-refractivity contribution is 1.14. The summed E-state index contributed by atoms with van der Waals surface area (Å²) in [6.07, 6.45) is 1.07. The molecule has 0 saturated carbocycles. The second-order valence-corrected chi connectivity index (χ2v) is 6.86. The minimum Gasteiger partial charge on any atom is -0.135 e. The van der Waals surface area contributed by atoms with E-state index in [9.17, 15) is 0 Å². The Labute approximate surface area is 135 Å². The topological polar surface area (TPSA) is 0 Å². The number of fused-ring (bicyclic) bond motifs is 3. The van der Waals surface area contributed by atoms with Crippen LogP contribution in [0.2, 0.25) is 0 Å². The van der Waals surface area contributed by atoms with E-state index < -0.39 is 0 Å². The number of thiophene rings is 1. The van der Waals surface area contributed by atoms with Gasteiger partial charge in [0.2, 0.25) is 0 Å². The summed E-state index contributed by atoms with van der Waals surface area (Å²) in [5, 5.41) is 2.75. The van der Waals surface area contributed by atoms with Crippen molar-refractivity contribution in [1.82, 2.24) is 0 Å². The highest BCUT2D eigenvalue weighted by Gasteiger charge is 2.11. The predicted molar refractivity (Wildman–Crippen MR) is 98.9 cm³/mol. The van der Waals surface area contributed by atoms with Gasteiger partial charge >= 0.3 is 0 Å². The van der Waals surface area contributed by atoms with Crippen molar-refractivity contribution < 1.29 is 0 Å². The van der Waals surface area contributed by atoms with E-state index >= 15 is 0 Å². The van der Waals surface area contributed by atoms with Gasteiger partial charge in [-0.15, -0.1) is 11.3 Å². The summed E-state index contributed by atoms with van der Waals surface area (Å²) < 4.78 is 2.76. The number of aryl methyl sites for hydroxylation is 2. The summed E-state index contributed by atoms with van der Waals surface area (Å²) in [6.45, 7) is 4.46. The lowest BCUT2D eigenvalue weighted by atomic mass is 9.93. The van der Waals surface area contributed by atoms with Gasteiger partial charge in [0.05, 0.1) is 0 Å². The molecule has 4 rings (SSSR count). The highest BCUT2D eigenvalue weighted by molar-refractivity contribution is 7.25. The van der Waals surface area contributed by atoms with Gasteiger partial charge in [0.25, 0.3) is 0 Å². The second-order valence-electron chi connectivity index (χ2n) is 5.77. The van der Waals surface area contributed by atoms with Crippen LogP contribution in [0.4, 0.5) is 0 Å². The molecule has 0 atom stereocenters. The molecule has 0 fully saturated rings. The first kappa shape index (κ1) is 13.5. The van der Waals surface area contributed by atoms with Gasteiger partial charge in [0.15, 0.2) is 0 Å². The first-order chi connectivity index (χ1) is 10.8. The summed E-state index contributed by atoms with van der Waals surface area (Å²) >= 11 is 1.89. The summed E-state index contributed by atoms with van der Waals surface area (Å²) in [7, 11) is 0. The SMILES string of the molecule is CCc1ccccc1-c1cc2c(cc1C)sc1ccccc12. The third kappa shape index (κ3) is 2.05. The van der Waals surface area contributed by atoms with Crippen molar-refractivity contribution in [2.45, 2.75) is 20.3 Å². The Morgan fingerprint density at radius 3 is 2.41 bits per heavy atom. The smallest absolute Gasteiger partial charge is 0.0358 e. The Morgan fingerprint density at radius 2 is 1.55 bits per heavy atom. The van der Waals surface area contributed by atoms with Gasteiger partial charge in [0, 0.05) is 20.2 Å². The molecule has 4 aromatic rings. The van der Waals surface area contributed by atoms with Crippen LogP contribution < -0.4 is 0 Å². The fourth-order valence-electron chi connectivity index (χ4n) is 3.25. The van der Waals surface area contributed by atoms with Crippen LogP contribution in [0, 0.1) is 6.92 Å². The van der Waals surface area contributed by atoms with Crippen LogP contribution >= 0.6 is 11.3 Å². The van der Waals surface area contributed by atoms with Gasteiger partial charge in [-0.1, -0.05) is 49.4 Å². The molecule has 1 heteroatoms. The minimum atomic E-state index is 1.07. The molecule has 0 spiro atoms. The molecule has 0 aliphatic heterocycles. The van der Waals surface area contributed by atoms with Gasteiger partial charge in [-0.2, -0.15) is 0 Å². The normalized spacial score (nSPS) is 11.4. The molecule has 0 nitrogen and oxygen atoms in total. The molecule has 0 bridgehead atoms. The lowest BCUT2D eigenvalue weighted by Gasteiger charge is -2.11. The summed E-state index contributed by atoms with van der Waals surface area (Å²) in [5.41, 5.74) is 5.53. The third-order valence-electron chi connectivity index (χ3n) is 4.41. The van der Waals surface area contributed by atoms with Gasteiger partial charge in [-0.25, -0.2) is 0 Å². The van der Waals surface area contributed by atoms with Crippen molar-refractivity contribution in [3.8, 4) is 11.1 Å². The largest absolute Gasteiger partial charge is 0.135 e. The molecule has 1 heterocycles. The van der Waals surface area contributed by atoms with Gasteiger partial charge in [0.1, 0.15) is 0 Å². The van der Waals surface area contributed by atoms with E-state index in [0.29, 0.717) is 0 Å². The summed E-state index contributed by atoms with van der Waals surface area (Å²) in [5.74, 6) is 0. The fraction of sp³-hybridized carbons (Fsp3) is 0.143. The zero-order valence-corrected chi connectivity index (χ0v) is 13.7. The van der Waals surface area contributed by atoms with Gasteiger partial charge < -0.3 is 0 Å². The van der Waals surface area contributed by atoms with Crippen molar-refractivity contribution in [2.75, 3.05) is 0 Å². The molecule has 1 aromatic heterocycles. The molecule has 0 radical (unpaired) electrons. The Balaban J connectivity index is 2.06. The lowest BCUT2D eigenvalue weighted by Crippen LogP contribution is -1.89. The van der Waals surface area contributed by atoms with Crippen LogP contribution in [0.3, 0.4) is 0 Å². The van der Waals surface area contributed by atoms with E-state index in [4.69, 9.17) is 0 Å². The Morgan fingerprint density at radius 1 is 0.773 bits per heavy atom. The Kier molecular flexibility index (Phi) is 3.24. The molecular weight excluding hydrogens is 284 g/mol. The zero-order valence-electron chi connectivity index (χ0n) is 12.9. The van der Waals surface area contributed by atoms with Gasteiger partial charge in [-0.05, 0) is 53.8 Å². The minimum absolute atomic E-state index is 1.07. The summed E-state index contributed by atoms with van der Waals surface area (Å²) in [4.78, 5) is 0. The van der Waals surface area contributed by atoms with E-state index in [0.717, 1.165) is 6.42 Å². The van der Waals surface area contributed by atoms with Crippen LogP contribution in [-0.4, -0.2) is 0 Å². The standard InChI is InChI=1S/C21H18S/c1-3-15-8-4-5-9-16(15)18-13-19-17-10-6-7-11-20(17)22-21(19)12-14(18)2/h4-13H,3H2,1-2H3. The molecule has 0 N–H and O–H groups in total. The van der Waals surface area contributed by atoms with Crippen molar-refractivity contribution in [3.63, 3.8) is 0 Å². The highest BCUT2D eigenvalue weighted by Crippen LogP contribution is 2.38. The van der Waals surface area contributed by atoms with Crippen molar-refractivity contribution in [1.29, 1.82) is 0 Å². The van der Waals surface area contributed by atoms with E-state index in [2.05, 4.69) is 74.5 Å². The Bertz CT molecular complexity index is 976. The maximum Gasteiger partial charge on any atom is 0.0358 e. The molecule has 3 aromatic carbocycles. The average molecular weight is 302 g/mol. The Hall–Kier alpha value is -2.12. The first-order valence-corrected chi connectivity index (χ1v) is 8.59. The van der Waals surface area contributed by atoms with E-state index in [1.165, 1.54) is 42.4 Å². The van der Waals surface area contributed by atoms with E-state index in [1.54, 1.807) is 0 Å². The van der Waals surface area contributed by atoms with Crippen LogP contribution in [0.1, 0.15) is 18.1 Å². The molecule has 0 amide bonds. The molecular formula is C21H18S. The van der Waals surface area contributed by atoms with E-state index in [-0.39, 0.29) is 0 Å². The average Bonchev–Trinajstić information content (AvgIpc) is 2.91. The maximum absolute atomic E-state index is 2.39.